The minimum absolute atomic E-state index is 0.195. The number of carboxylic acids is 1. The van der Waals surface area contributed by atoms with Crippen molar-refractivity contribution < 1.29 is 14.7 Å². The van der Waals surface area contributed by atoms with Crippen molar-refractivity contribution in [2.75, 3.05) is 5.32 Å². The Morgan fingerprint density at radius 1 is 1.25 bits per heavy atom. The first-order valence-corrected chi connectivity index (χ1v) is 6.92. The smallest absolute Gasteiger partial charge is 0.306 e. The van der Waals surface area contributed by atoms with E-state index in [0.29, 0.717) is 24.6 Å². The third-order valence-corrected chi connectivity index (χ3v) is 3.09. The molecule has 0 aliphatic rings. The van der Waals surface area contributed by atoms with E-state index < -0.39 is 11.9 Å². The lowest BCUT2D eigenvalue weighted by Crippen LogP contribution is -2.19. The predicted octanol–water partition coefficient (Wildman–Crippen LogP) is 2.94. The molecule has 1 rings (SSSR count). The highest BCUT2D eigenvalue weighted by atomic mass is 16.4. The number of anilines is 1. The van der Waals surface area contributed by atoms with Gasteiger partial charge in [0.1, 0.15) is 5.82 Å². The van der Waals surface area contributed by atoms with Gasteiger partial charge in [0, 0.05) is 12.6 Å². The lowest BCUT2D eigenvalue weighted by atomic mass is 9.94. The Bertz CT molecular complexity index is 432. The third kappa shape index (κ3) is 6.31. The number of carbonyl (C=O) groups is 2. The van der Waals surface area contributed by atoms with Crippen molar-refractivity contribution in [3.63, 3.8) is 0 Å². The summed E-state index contributed by atoms with van der Waals surface area (Å²) in [7, 11) is 0. The molecule has 1 heterocycles. The molecule has 1 amide bonds. The Labute approximate surface area is 119 Å². The van der Waals surface area contributed by atoms with Crippen molar-refractivity contribution in [1.82, 2.24) is 4.98 Å². The van der Waals surface area contributed by atoms with Gasteiger partial charge in [0.05, 0.1) is 5.92 Å². The molecule has 0 radical (unpaired) electrons. The highest BCUT2D eigenvalue weighted by Gasteiger charge is 2.19. The highest BCUT2D eigenvalue weighted by molar-refractivity contribution is 5.89. The van der Waals surface area contributed by atoms with E-state index >= 15 is 0 Å². The summed E-state index contributed by atoms with van der Waals surface area (Å²) in [5, 5.41) is 11.8. The van der Waals surface area contributed by atoms with E-state index in [1.165, 1.54) is 0 Å². The van der Waals surface area contributed by atoms with Crippen LogP contribution in [0.1, 0.15) is 39.5 Å². The number of nitrogens with one attached hydrogen (secondary N) is 1. The van der Waals surface area contributed by atoms with Gasteiger partial charge in [-0.1, -0.05) is 26.3 Å². The van der Waals surface area contributed by atoms with Crippen LogP contribution in [0.5, 0.6) is 0 Å². The van der Waals surface area contributed by atoms with E-state index in [1.54, 1.807) is 24.4 Å². The van der Waals surface area contributed by atoms with Crippen LogP contribution >= 0.6 is 0 Å². The number of nitrogens with zero attached hydrogens (tertiary/aromatic N) is 1. The van der Waals surface area contributed by atoms with Gasteiger partial charge in [-0.2, -0.15) is 0 Å². The molecule has 0 fully saturated rings. The van der Waals surface area contributed by atoms with Crippen molar-refractivity contribution in [2.45, 2.75) is 39.5 Å². The van der Waals surface area contributed by atoms with Gasteiger partial charge < -0.3 is 10.4 Å². The van der Waals surface area contributed by atoms with Gasteiger partial charge in [-0.05, 0) is 30.9 Å². The van der Waals surface area contributed by atoms with Crippen LogP contribution in [0.3, 0.4) is 0 Å². The van der Waals surface area contributed by atoms with E-state index in [4.69, 9.17) is 5.11 Å². The summed E-state index contributed by atoms with van der Waals surface area (Å²) >= 11 is 0. The number of hydrogen-bond acceptors (Lipinski definition) is 3. The summed E-state index contributed by atoms with van der Waals surface area (Å²) in [6, 6.07) is 5.25. The lowest BCUT2D eigenvalue weighted by molar-refractivity contribution is -0.142. The van der Waals surface area contributed by atoms with Crippen molar-refractivity contribution in [3.8, 4) is 0 Å². The standard InChI is InChI=1S/C15H22N2O3/c1-11(2)6-7-12(15(19)20)8-9-14(18)17-13-5-3-4-10-16-13/h3-5,10-12H,6-9H2,1-2H3,(H,19,20)(H,16,17,18). The largest absolute Gasteiger partial charge is 0.481 e. The first kappa shape index (κ1) is 16.1. The number of carboxylic acid groups (broad SMARTS) is 1. The van der Waals surface area contributed by atoms with E-state index in [-0.39, 0.29) is 12.3 Å². The monoisotopic (exact) mass is 278 g/mol. The van der Waals surface area contributed by atoms with Crippen LogP contribution in [0.2, 0.25) is 0 Å². The van der Waals surface area contributed by atoms with Crippen LogP contribution in [0.25, 0.3) is 0 Å². The molecule has 0 spiro atoms. The van der Waals surface area contributed by atoms with Crippen LogP contribution in [0, 0.1) is 11.8 Å². The number of carbonyl (C=O) groups excluding carboxylic acids is 1. The average molecular weight is 278 g/mol. The lowest BCUT2D eigenvalue weighted by Gasteiger charge is -2.13. The van der Waals surface area contributed by atoms with Crippen LogP contribution in [0.15, 0.2) is 24.4 Å². The fourth-order valence-electron chi connectivity index (χ4n) is 1.87. The molecular weight excluding hydrogens is 256 g/mol. The maximum absolute atomic E-state index is 11.7. The quantitative estimate of drug-likeness (QED) is 0.766. The summed E-state index contributed by atoms with van der Waals surface area (Å²) in [4.78, 5) is 26.9. The molecule has 5 heteroatoms. The Kier molecular flexibility index (Phi) is 6.70. The predicted molar refractivity (Wildman–Crippen MR) is 77.3 cm³/mol. The molecule has 0 aromatic carbocycles. The minimum atomic E-state index is -0.823. The van der Waals surface area contributed by atoms with Gasteiger partial charge in [-0.3, -0.25) is 9.59 Å². The summed E-state index contributed by atoms with van der Waals surface area (Å²) < 4.78 is 0. The number of rotatable bonds is 8. The highest BCUT2D eigenvalue weighted by Crippen LogP contribution is 2.18. The van der Waals surface area contributed by atoms with Gasteiger partial charge in [-0.25, -0.2) is 4.98 Å². The van der Waals surface area contributed by atoms with Gasteiger partial charge in [0.25, 0.3) is 0 Å². The zero-order valence-corrected chi connectivity index (χ0v) is 12.0. The second-order valence-electron chi connectivity index (χ2n) is 5.31. The molecule has 0 aliphatic carbocycles. The summed E-state index contributed by atoms with van der Waals surface area (Å²) in [5.41, 5.74) is 0. The number of amides is 1. The first-order valence-electron chi connectivity index (χ1n) is 6.92. The first-order chi connectivity index (χ1) is 9.49. The Hall–Kier alpha value is -1.91. The van der Waals surface area contributed by atoms with Crippen molar-refractivity contribution in [1.29, 1.82) is 0 Å². The van der Waals surface area contributed by atoms with Gasteiger partial charge in [0.15, 0.2) is 0 Å². The van der Waals surface area contributed by atoms with Gasteiger partial charge in [-0.15, -0.1) is 0 Å². The number of hydrogen-bond donors (Lipinski definition) is 2. The molecule has 1 aromatic rings. The minimum Gasteiger partial charge on any atom is -0.481 e. The van der Waals surface area contributed by atoms with Gasteiger partial charge in [0.2, 0.25) is 5.91 Å². The molecule has 0 saturated heterocycles. The van der Waals surface area contributed by atoms with Crippen molar-refractivity contribution in [2.24, 2.45) is 11.8 Å². The molecule has 0 bridgehead atoms. The molecule has 0 saturated carbocycles. The fourth-order valence-corrected chi connectivity index (χ4v) is 1.87. The zero-order chi connectivity index (χ0) is 15.0. The molecule has 0 aliphatic heterocycles. The molecule has 20 heavy (non-hydrogen) atoms. The average Bonchev–Trinajstić information content (AvgIpc) is 2.39. The molecule has 110 valence electrons. The fraction of sp³-hybridized carbons (Fsp3) is 0.533. The molecule has 1 unspecified atom stereocenters. The molecular formula is C15H22N2O3. The molecule has 2 N–H and O–H groups in total. The number of aromatic nitrogens is 1. The van der Waals surface area contributed by atoms with E-state index in [1.807, 2.05) is 0 Å². The topological polar surface area (TPSA) is 79.3 Å². The Morgan fingerprint density at radius 3 is 2.55 bits per heavy atom. The van der Waals surface area contributed by atoms with Crippen LogP contribution in [0.4, 0.5) is 5.82 Å². The maximum Gasteiger partial charge on any atom is 0.306 e. The maximum atomic E-state index is 11.7. The third-order valence-electron chi connectivity index (χ3n) is 3.09. The van der Waals surface area contributed by atoms with Crippen molar-refractivity contribution >= 4 is 17.7 Å². The van der Waals surface area contributed by atoms with Crippen molar-refractivity contribution in [3.05, 3.63) is 24.4 Å². The summed E-state index contributed by atoms with van der Waals surface area (Å²) in [6.45, 7) is 4.12. The SMILES string of the molecule is CC(C)CCC(CCC(=O)Nc1ccccn1)C(=O)O. The Balaban J connectivity index is 2.39. The van der Waals surface area contributed by atoms with Crippen LogP contribution in [-0.2, 0) is 9.59 Å². The number of pyridine rings is 1. The molecule has 5 nitrogen and oxygen atoms in total. The molecule has 1 aromatic heterocycles. The molecule has 1 atom stereocenters. The van der Waals surface area contributed by atoms with Crippen LogP contribution in [-0.4, -0.2) is 22.0 Å². The second kappa shape index (κ2) is 8.30. The van der Waals surface area contributed by atoms with E-state index in [9.17, 15) is 9.59 Å². The normalized spacial score (nSPS) is 12.2. The van der Waals surface area contributed by atoms with Gasteiger partial charge >= 0.3 is 5.97 Å². The van der Waals surface area contributed by atoms with E-state index in [2.05, 4.69) is 24.1 Å². The Morgan fingerprint density at radius 2 is 2.00 bits per heavy atom. The van der Waals surface area contributed by atoms with E-state index in [0.717, 1.165) is 6.42 Å². The summed E-state index contributed by atoms with van der Waals surface area (Å²) in [5.74, 6) is -0.506. The summed E-state index contributed by atoms with van der Waals surface area (Å²) in [6.07, 6.45) is 3.63. The van der Waals surface area contributed by atoms with Crippen LogP contribution < -0.4 is 5.32 Å². The zero-order valence-electron chi connectivity index (χ0n) is 12.0. The number of aliphatic carboxylic acids is 1. The second-order valence-corrected chi connectivity index (χ2v) is 5.31.